The summed E-state index contributed by atoms with van der Waals surface area (Å²) in [4.78, 5) is 12.4. The number of rotatable bonds is 2. The van der Waals surface area contributed by atoms with Crippen LogP contribution in [0.1, 0.15) is 15.9 Å². The molecule has 4 nitrogen and oxygen atoms in total. The molecule has 6 heteroatoms. The maximum Gasteiger partial charge on any atom is 0.255 e. The molecule has 0 atom stereocenters. The van der Waals surface area contributed by atoms with Gasteiger partial charge in [-0.3, -0.25) is 4.79 Å². The molecule has 108 valence electrons. The Morgan fingerprint density at radius 1 is 1.19 bits per heavy atom. The third kappa shape index (κ3) is 2.91. The first-order valence-electron chi connectivity index (χ1n) is 6.36. The Kier molecular flexibility index (Phi) is 3.91. The molecule has 0 saturated carbocycles. The minimum Gasteiger partial charge on any atom is -0.493 e. The Morgan fingerprint density at radius 2 is 1.90 bits per heavy atom. The second-order valence-electron chi connectivity index (χ2n) is 4.73. The first-order valence-corrected chi connectivity index (χ1v) is 7.95. The number of ether oxygens (including phenoxy) is 1. The minimum atomic E-state index is -0.170. The summed E-state index contributed by atoms with van der Waals surface area (Å²) >= 11 is 6.81. The minimum absolute atomic E-state index is 0.170. The van der Waals surface area contributed by atoms with Crippen LogP contribution < -0.4 is 15.8 Å². The number of carbonyl (C=O) groups is 1. The van der Waals surface area contributed by atoms with Gasteiger partial charge in [-0.2, -0.15) is 0 Å². The van der Waals surface area contributed by atoms with Crippen LogP contribution in [0.25, 0.3) is 0 Å². The lowest BCUT2D eigenvalue weighted by Crippen LogP contribution is -2.13. The lowest BCUT2D eigenvalue weighted by Gasteiger charge is -2.11. The van der Waals surface area contributed by atoms with Crippen molar-refractivity contribution < 1.29 is 9.53 Å². The third-order valence-corrected chi connectivity index (χ3v) is 4.51. The van der Waals surface area contributed by atoms with E-state index in [9.17, 15) is 4.79 Å². The van der Waals surface area contributed by atoms with E-state index in [0.717, 1.165) is 26.7 Å². The number of halogens is 2. The molecule has 21 heavy (non-hydrogen) atoms. The van der Waals surface area contributed by atoms with Crippen molar-refractivity contribution >= 4 is 49.1 Å². The van der Waals surface area contributed by atoms with Crippen molar-refractivity contribution in [2.45, 2.75) is 6.42 Å². The van der Waals surface area contributed by atoms with E-state index in [1.54, 1.807) is 18.2 Å². The normalized spacial score (nSPS) is 12.7. The number of nitrogen functional groups attached to an aromatic ring is 1. The average molecular weight is 412 g/mol. The molecule has 0 spiro atoms. The number of amides is 1. The van der Waals surface area contributed by atoms with Crippen molar-refractivity contribution in [3.63, 3.8) is 0 Å². The van der Waals surface area contributed by atoms with Crippen LogP contribution in [0.15, 0.2) is 39.3 Å². The zero-order valence-electron chi connectivity index (χ0n) is 11.0. The van der Waals surface area contributed by atoms with Crippen molar-refractivity contribution in [1.29, 1.82) is 0 Å². The van der Waals surface area contributed by atoms with Crippen LogP contribution in [0.3, 0.4) is 0 Å². The van der Waals surface area contributed by atoms with Crippen LogP contribution >= 0.6 is 31.9 Å². The first-order chi connectivity index (χ1) is 10.0. The summed E-state index contributed by atoms with van der Waals surface area (Å²) in [5, 5.41) is 2.88. The van der Waals surface area contributed by atoms with E-state index in [-0.39, 0.29) is 5.91 Å². The van der Waals surface area contributed by atoms with Crippen LogP contribution in [0.2, 0.25) is 0 Å². The highest BCUT2D eigenvalue weighted by Gasteiger charge is 2.16. The standard InChI is InChI=1S/C15H12Br2N2O2/c16-11-6-10(18)7-12(17)14(11)19-15(20)9-1-2-13-8(5-9)3-4-21-13/h1-2,5-7H,3-4,18H2,(H,19,20). The summed E-state index contributed by atoms with van der Waals surface area (Å²) in [6.07, 6.45) is 0.839. The van der Waals surface area contributed by atoms with Crippen LogP contribution in [0.4, 0.5) is 11.4 Å². The van der Waals surface area contributed by atoms with Gasteiger partial charge >= 0.3 is 0 Å². The van der Waals surface area contributed by atoms with E-state index in [1.165, 1.54) is 0 Å². The third-order valence-electron chi connectivity index (χ3n) is 3.25. The molecule has 0 radical (unpaired) electrons. The molecule has 0 saturated heterocycles. The van der Waals surface area contributed by atoms with Crippen molar-refractivity contribution in [3.8, 4) is 5.75 Å². The number of nitrogens with one attached hydrogen (secondary N) is 1. The molecule has 3 N–H and O–H groups in total. The maximum absolute atomic E-state index is 12.4. The first kappa shape index (κ1) is 14.4. The molecular weight excluding hydrogens is 400 g/mol. The lowest BCUT2D eigenvalue weighted by molar-refractivity contribution is 0.102. The Morgan fingerprint density at radius 3 is 2.62 bits per heavy atom. The van der Waals surface area contributed by atoms with Gasteiger partial charge in [0.05, 0.1) is 12.3 Å². The van der Waals surface area contributed by atoms with Gasteiger partial charge in [0.2, 0.25) is 0 Å². The highest BCUT2D eigenvalue weighted by Crippen LogP contribution is 2.34. The summed E-state index contributed by atoms with van der Waals surface area (Å²) in [5.74, 6) is 0.692. The molecule has 0 unspecified atom stereocenters. The highest BCUT2D eigenvalue weighted by molar-refractivity contribution is 9.11. The lowest BCUT2D eigenvalue weighted by atomic mass is 10.1. The Labute approximate surface area is 138 Å². The SMILES string of the molecule is Nc1cc(Br)c(NC(=O)c2ccc3c(c2)CCO3)c(Br)c1. The molecule has 1 heterocycles. The second kappa shape index (κ2) is 5.69. The predicted molar refractivity (Wildman–Crippen MR) is 89.8 cm³/mol. The fourth-order valence-electron chi connectivity index (χ4n) is 2.23. The zero-order chi connectivity index (χ0) is 15.0. The number of hydrogen-bond donors (Lipinski definition) is 2. The molecule has 1 aliphatic rings. The summed E-state index contributed by atoms with van der Waals surface area (Å²) in [5.41, 5.74) is 8.69. The quantitative estimate of drug-likeness (QED) is 0.734. The number of fused-ring (bicyclic) bond motifs is 1. The van der Waals surface area contributed by atoms with Crippen molar-refractivity contribution in [3.05, 3.63) is 50.4 Å². The summed E-state index contributed by atoms with van der Waals surface area (Å²) in [7, 11) is 0. The Bertz CT molecular complexity index is 709. The average Bonchev–Trinajstić information content (AvgIpc) is 2.89. The van der Waals surface area contributed by atoms with Crippen LogP contribution in [0.5, 0.6) is 5.75 Å². The zero-order valence-corrected chi connectivity index (χ0v) is 14.1. The second-order valence-corrected chi connectivity index (χ2v) is 6.44. The molecule has 2 aromatic rings. The van der Waals surface area contributed by atoms with Crippen molar-refractivity contribution in [1.82, 2.24) is 0 Å². The summed E-state index contributed by atoms with van der Waals surface area (Å²) < 4.78 is 6.90. The molecule has 1 amide bonds. The summed E-state index contributed by atoms with van der Waals surface area (Å²) in [6.45, 7) is 0.676. The molecule has 0 aromatic heterocycles. The Balaban J connectivity index is 1.87. The van der Waals surface area contributed by atoms with Gasteiger partial charge < -0.3 is 15.8 Å². The van der Waals surface area contributed by atoms with E-state index < -0.39 is 0 Å². The topological polar surface area (TPSA) is 64.3 Å². The van der Waals surface area contributed by atoms with Gasteiger partial charge in [0.15, 0.2) is 0 Å². The van der Waals surface area contributed by atoms with E-state index in [4.69, 9.17) is 10.5 Å². The van der Waals surface area contributed by atoms with Gasteiger partial charge in [-0.25, -0.2) is 0 Å². The van der Waals surface area contributed by atoms with Crippen molar-refractivity contribution in [2.24, 2.45) is 0 Å². The maximum atomic E-state index is 12.4. The molecule has 2 aromatic carbocycles. The largest absolute Gasteiger partial charge is 0.493 e. The van der Waals surface area contributed by atoms with Crippen LogP contribution in [-0.2, 0) is 6.42 Å². The van der Waals surface area contributed by atoms with Crippen LogP contribution in [0, 0.1) is 0 Å². The fraction of sp³-hybridized carbons (Fsp3) is 0.133. The molecular formula is C15H12Br2N2O2. The van der Waals surface area contributed by atoms with Gasteiger partial charge in [0.25, 0.3) is 5.91 Å². The monoisotopic (exact) mass is 410 g/mol. The van der Waals surface area contributed by atoms with Crippen LogP contribution in [-0.4, -0.2) is 12.5 Å². The van der Waals surface area contributed by atoms with E-state index in [0.29, 0.717) is 23.5 Å². The van der Waals surface area contributed by atoms with Gasteiger partial charge in [0, 0.05) is 26.6 Å². The molecule has 0 aliphatic carbocycles. The molecule has 0 fully saturated rings. The van der Waals surface area contributed by atoms with Gasteiger partial charge in [-0.1, -0.05) is 0 Å². The summed E-state index contributed by atoms with van der Waals surface area (Å²) in [6, 6.07) is 8.97. The van der Waals surface area contributed by atoms with E-state index in [2.05, 4.69) is 37.2 Å². The van der Waals surface area contributed by atoms with Gasteiger partial charge in [0.1, 0.15) is 5.75 Å². The molecule has 1 aliphatic heterocycles. The van der Waals surface area contributed by atoms with Gasteiger partial charge in [-0.15, -0.1) is 0 Å². The number of carbonyl (C=O) groups excluding carboxylic acids is 1. The van der Waals surface area contributed by atoms with Gasteiger partial charge in [-0.05, 0) is 67.8 Å². The smallest absolute Gasteiger partial charge is 0.255 e. The van der Waals surface area contributed by atoms with Crippen molar-refractivity contribution in [2.75, 3.05) is 17.7 Å². The van der Waals surface area contributed by atoms with E-state index in [1.807, 2.05) is 12.1 Å². The number of benzene rings is 2. The fourth-order valence-corrected chi connectivity index (χ4v) is 3.65. The molecule has 0 bridgehead atoms. The van der Waals surface area contributed by atoms with E-state index >= 15 is 0 Å². The number of anilines is 2. The Hall–Kier alpha value is -1.53. The number of hydrogen-bond acceptors (Lipinski definition) is 3. The predicted octanol–water partition coefficient (Wildman–Crippen LogP) is 3.98. The molecule has 3 rings (SSSR count). The number of nitrogens with two attached hydrogens (primary N) is 1. The highest BCUT2D eigenvalue weighted by atomic mass is 79.9.